The first-order valence-electron chi connectivity index (χ1n) is 5.92. The van der Waals surface area contributed by atoms with Crippen LogP contribution in [0.1, 0.15) is 11.6 Å². The second-order valence-corrected chi connectivity index (χ2v) is 4.09. The van der Waals surface area contributed by atoms with Gasteiger partial charge in [-0.3, -0.25) is 4.90 Å². The molecule has 1 N–H and O–H groups in total. The van der Waals surface area contributed by atoms with Gasteiger partial charge in [-0.15, -0.1) is 0 Å². The Labute approximate surface area is 102 Å². The van der Waals surface area contributed by atoms with Gasteiger partial charge in [0.15, 0.2) is 0 Å². The maximum atomic E-state index is 9.61. The zero-order valence-corrected chi connectivity index (χ0v) is 10.1. The molecule has 0 aliphatic carbocycles. The maximum absolute atomic E-state index is 9.61. The first-order valence-corrected chi connectivity index (χ1v) is 5.92. The highest BCUT2D eigenvalue weighted by molar-refractivity contribution is 5.36. The van der Waals surface area contributed by atoms with Gasteiger partial charge in [0.05, 0.1) is 33.0 Å². The molecule has 1 heterocycles. The number of hydrogen-bond acceptors (Lipinski definition) is 4. The van der Waals surface area contributed by atoms with Crippen LogP contribution in [0.25, 0.3) is 0 Å². The van der Waals surface area contributed by atoms with E-state index in [0.717, 1.165) is 37.6 Å². The molecule has 1 aromatic carbocycles. The minimum absolute atomic E-state index is 0.00458. The van der Waals surface area contributed by atoms with Crippen molar-refractivity contribution in [2.45, 2.75) is 6.04 Å². The van der Waals surface area contributed by atoms with Crippen LogP contribution in [-0.4, -0.2) is 50.0 Å². The molecule has 17 heavy (non-hydrogen) atoms. The Morgan fingerprint density at radius 2 is 2.06 bits per heavy atom. The van der Waals surface area contributed by atoms with Crippen molar-refractivity contribution in [3.05, 3.63) is 29.8 Å². The summed E-state index contributed by atoms with van der Waals surface area (Å²) in [6.07, 6.45) is 0. The molecule has 1 aliphatic rings. The summed E-state index contributed by atoms with van der Waals surface area (Å²) in [5.74, 6) is 0.832. The number of rotatable bonds is 4. The van der Waals surface area contributed by atoms with Crippen LogP contribution in [0, 0.1) is 0 Å². The number of aliphatic hydroxyl groups excluding tert-OH is 1. The summed E-state index contributed by atoms with van der Waals surface area (Å²) in [6.45, 7) is 3.25. The minimum Gasteiger partial charge on any atom is -0.496 e. The summed E-state index contributed by atoms with van der Waals surface area (Å²) >= 11 is 0. The zero-order chi connectivity index (χ0) is 12.1. The molecule has 0 bridgehead atoms. The van der Waals surface area contributed by atoms with E-state index in [1.807, 2.05) is 24.3 Å². The van der Waals surface area contributed by atoms with Crippen LogP contribution in [0.3, 0.4) is 0 Å². The molecule has 0 aromatic heterocycles. The number of ether oxygens (including phenoxy) is 2. The fourth-order valence-corrected chi connectivity index (χ4v) is 2.24. The molecule has 1 saturated heterocycles. The lowest BCUT2D eigenvalue weighted by molar-refractivity contribution is 0.00205. The molecule has 1 unspecified atom stereocenters. The number of methoxy groups -OCH3 is 1. The molecule has 0 spiro atoms. The SMILES string of the molecule is COc1ccccc1C(CO)N1CCOCC1. The number of benzene rings is 1. The summed E-state index contributed by atoms with van der Waals surface area (Å²) in [7, 11) is 1.66. The lowest BCUT2D eigenvalue weighted by Crippen LogP contribution is -2.40. The molecular weight excluding hydrogens is 218 g/mol. The quantitative estimate of drug-likeness (QED) is 0.850. The summed E-state index contributed by atoms with van der Waals surface area (Å²) < 4.78 is 10.7. The molecule has 2 rings (SSSR count). The lowest BCUT2D eigenvalue weighted by atomic mass is 10.0. The van der Waals surface area contributed by atoms with Crippen molar-refractivity contribution in [2.24, 2.45) is 0 Å². The molecule has 1 fully saturated rings. The van der Waals surface area contributed by atoms with E-state index < -0.39 is 0 Å². The highest BCUT2D eigenvalue weighted by atomic mass is 16.5. The second-order valence-electron chi connectivity index (χ2n) is 4.09. The topological polar surface area (TPSA) is 41.9 Å². The second kappa shape index (κ2) is 6.00. The molecule has 4 heteroatoms. The number of nitrogens with zero attached hydrogens (tertiary/aromatic N) is 1. The van der Waals surface area contributed by atoms with E-state index in [2.05, 4.69) is 4.90 Å². The monoisotopic (exact) mass is 237 g/mol. The molecule has 4 nitrogen and oxygen atoms in total. The van der Waals surface area contributed by atoms with Gasteiger partial charge in [0.2, 0.25) is 0 Å². The fourth-order valence-electron chi connectivity index (χ4n) is 2.24. The van der Waals surface area contributed by atoms with E-state index in [4.69, 9.17) is 9.47 Å². The first kappa shape index (κ1) is 12.4. The van der Waals surface area contributed by atoms with Gasteiger partial charge in [0.1, 0.15) is 5.75 Å². The number of hydrogen-bond donors (Lipinski definition) is 1. The van der Waals surface area contributed by atoms with Gasteiger partial charge in [-0.25, -0.2) is 0 Å². The van der Waals surface area contributed by atoms with Crippen molar-refractivity contribution in [2.75, 3.05) is 40.0 Å². The van der Waals surface area contributed by atoms with Gasteiger partial charge in [0, 0.05) is 18.7 Å². The third-order valence-corrected chi connectivity index (χ3v) is 3.16. The largest absolute Gasteiger partial charge is 0.496 e. The Hall–Kier alpha value is -1.10. The standard InChI is InChI=1S/C13H19NO3/c1-16-13-5-3-2-4-11(13)12(10-15)14-6-8-17-9-7-14/h2-5,12,15H,6-10H2,1H3. The van der Waals surface area contributed by atoms with Crippen molar-refractivity contribution in [3.8, 4) is 5.75 Å². The molecule has 94 valence electrons. The number of aliphatic hydroxyl groups is 1. The van der Waals surface area contributed by atoms with Crippen LogP contribution in [0.15, 0.2) is 24.3 Å². The minimum atomic E-state index is -0.00458. The lowest BCUT2D eigenvalue weighted by Gasteiger charge is -2.34. The van der Waals surface area contributed by atoms with Crippen molar-refractivity contribution >= 4 is 0 Å². The Morgan fingerprint density at radius 1 is 1.35 bits per heavy atom. The van der Waals surface area contributed by atoms with Crippen LogP contribution in [0.5, 0.6) is 5.75 Å². The predicted molar refractivity (Wildman–Crippen MR) is 65.2 cm³/mol. The van der Waals surface area contributed by atoms with Crippen molar-refractivity contribution in [1.82, 2.24) is 4.90 Å². The Morgan fingerprint density at radius 3 is 2.71 bits per heavy atom. The van der Waals surface area contributed by atoms with Crippen LogP contribution in [0.2, 0.25) is 0 Å². The Kier molecular flexibility index (Phi) is 4.36. The average molecular weight is 237 g/mol. The molecule has 0 saturated carbocycles. The van der Waals surface area contributed by atoms with Crippen molar-refractivity contribution in [1.29, 1.82) is 0 Å². The third kappa shape index (κ3) is 2.77. The molecule has 1 aromatic rings. The van der Waals surface area contributed by atoms with E-state index in [0.29, 0.717) is 0 Å². The highest BCUT2D eigenvalue weighted by Crippen LogP contribution is 2.29. The van der Waals surface area contributed by atoms with Gasteiger partial charge < -0.3 is 14.6 Å². The first-order chi connectivity index (χ1) is 8.36. The smallest absolute Gasteiger partial charge is 0.123 e. The summed E-state index contributed by atoms with van der Waals surface area (Å²) in [5, 5.41) is 9.61. The van der Waals surface area contributed by atoms with E-state index in [-0.39, 0.29) is 12.6 Å². The number of para-hydroxylation sites is 1. The third-order valence-electron chi connectivity index (χ3n) is 3.16. The van der Waals surface area contributed by atoms with Gasteiger partial charge in [0.25, 0.3) is 0 Å². The molecule has 1 aliphatic heterocycles. The molecule has 0 radical (unpaired) electrons. The average Bonchev–Trinajstić information content (AvgIpc) is 2.41. The number of morpholine rings is 1. The molecule has 1 atom stereocenters. The van der Waals surface area contributed by atoms with Crippen LogP contribution < -0.4 is 4.74 Å². The molecule has 0 amide bonds. The van der Waals surface area contributed by atoms with E-state index in [1.54, 1.807) is 7.11 Å². The summed E-state index contributed by atoms with van der Waals surface area (Å²) in [5.41, 5.74) is 1.04. The summed E-state index contributed by atoms with van der Waals surface area (Å²) in [4.78, 5) is 2.24. The van der Waals surface area contributed by atoms with Crippen molar-refractivity contribution in [3.63, 3.8) is 0 Å². The van der Waals surface area contributed by atoms with Gasteiger partial charge in [-0.1, -0.05) is 18.2 Å². The van der Waals surface area contributed by atoms with E-state index in [1.165, 1.54) is 0 Å². The maximum Gasteiger partial charge on any atom is 0.123 e. The van der Waals surface area contributed by atoms with E-state index in [9.17, 15) is 5.11 Å². The fraction of sp³-hybridized carbons (Fsp3) is 0.538. The summed E-state index contributed by atoms with van der Waals surface area (Å²) in [6, 6.07) is 7.85. The van der Waals surface area contributed by atoms with Gasteiger partial charge in [-0.2, -0.15) is 0 Å². The van der Waals surface area contributed by atoms with E-state index >= 15 is 0 Å². The van der Waals surface area contributed by atoms with Crippen molar-refractivity contribution < 1.29 is 14.6 Å². The van der Waals surface area contributed by atoms with Crippen LogP contribution in [0.4, 0.5) is 0 Å². The van der Waals surface area contributed by atoms with Crippen LogP contribution >= 0.6 is 0 Å². The normalized spacial score (nSPS) is 18.9. The van der Waals surface area contributed by atoms with Gasteiger partial charge >= 0.3 is 0 Å². The Balaban J connectivity index is 2.21. The predicted octanol–water partition coefficient (Wildman–Crippen LogP) is 1.06. The Bertz CT molecular complexity index is 350. The highest BCUT2D eigenvalue weighted by Gasteiger charge is 2.24. The van der Waals surface area contributed by atoms with Gasteiger partial charge in [-0.05, 0) is 6.07 Å². The van der Waals surface area contributed by atoms with Crippen LogP contribution in [-0.2, 0) is 4.74 Å². The molecular formula is C13H19NO3. The zero-order valence-electron chi connectivity index (χ0n) is 10.1.